The Labute approximate surface area is 119 Å². The summed E-state index contributed by atoms with van der Waals surface area (Å²) in [5.74, 6) is -1.25. The zero-order valence-corrected chi connectivity index (χ0v) is 11.5. The van der Waals surface area contributed by atoms with Crippen LogP contribution in [0, 0.1) is 21.7 Å². The number of benzene rings is 1. The Bertz CT molecular complexity index is 473. The molecule has 0 amide bonds. The van der Waals surface area contributed by atoms with E-state index in [9.17, 15) is 18.9 Å². The van der Waals surface area contributed by atoms with Gasteiger partial charge in [-0.1, -0.05) is 0 Å². The van der Waals surface area contributed by atoms with Crippen LogP contribution in [0.2, 0.25) is 0 Å². The fourth-order valence-electron chi connectivity index (χ4n) is 1.89. The highest BCUT2D eigenvalue weighted by Gasteiger charge is 2.18. The second-order valence-electron chi connectivity index (χ2n) is 4.30. The van der Waals surface area contributed by atoms with E-state index in [-0.39, 0.29) is 4.90 Å². The molecule has 1 aliphatic heterocycles. The summed E-state index contributed by atoms with van der Waals surface area (Å²) in [6, 6.07) is 1.50. The minimum atomic E-state index is -0.885. The average Bonchev–Trinajstić information content (AvgIpc) is 2.42. The predicted octanol–water partition coefficient (Wildman–Crippen LogP) is 2.30. The van der Waals surface area contributed by atoms with Crippen molar-refractivity contribution in [2.75, 3.05) is 38.6 Å². The maximum absolute atomic E-state index is 13.6. The quantitative estimate of drug-likeness (QED) is 0.474. The maximum Gasteiger partial charge on any atom is 0.275 e. The lowest BCUT2D eigenvalue weighted by Gasteiger charge is -2.26. The van der Waals surface area contributed by atoms with Gasteiger partial charge in [0, 0.05) is 25.4 Å². The Morgan fingerprint density at radius 2 is 1.90 bits per heavy atom. The normalized spacial score (nSPS) is 16.3. The number of nitrogens with zero attached hydrogens (tertiary/aromatic N) is 2. The standard InChI is InChI=1S/C12H14F2N2O3S/c13-10-7-9(16(17)18)8-11(14)12(10)20-6-3-15-1-4-19-5-2-15/h7-8H,1-6H2. The van der Waals surface area contributed by atoms with E-state index in [4.69, 9.17) is 4.74 Å². The van der Waals surface area contributed by atoms with Crippen molar-refractivity contribution >= 4 is 17.4 Å². The van der Waals surface area contributed by atoms with Gasteiger partial charge in [-0.25, -0.2) is 8.78 Å². The zero-order valence-electron chi connectivity index (χ0n) is 10.7. The monoisotopic (exact) mass is 304 g/mol. The van der Waals surface area contributed by atoms with Gasteiger partial charge in [0.05, 0.1) is 35.2 Å². The third kappa shape index (κ3) is 3.87. The number of thioether (sulfide) groups is 1. The van der Waals surface area contributed by atoms with Crippen molar-refractivity contribution in [1.29, 1.82) is 0 Å². The highest BCUT2D eigenvalue weighted by atomic mass is 32.2. The first-order chi connectivity index (χ1) is 9.58. The molecule has 8 heteroatoms. The number of halogens is 2. The maximum atomic E-state index is 13.6. The molecule has 0 bridgehead atoms. The molecule has 0 aromatic heterocycles. The van der Waals surface area contributed by atoms with Crippen molar-refractivity contribution < 1.29 is 18.4 Å². The molecule has 1 saturated heterocycles. The molecule has 0 radical (unpaired) electrons. The number of nitro groups is 1. The van der Waals surface area contributed by atoms with Gasteiger partial charge in [-0.3, -0.25) is 15.0 Å². The van der Waals surface area contributed by atoms with E-state index in [1.807, 2.05) is 0 Å². The summed E-state index contributed by atoms with van der Waals surface area (Å²) in [5, 5.41) is 10.5. The van der Waals surface area contributed by atoms with Gasteiger partial charge < -0.3 is 4.74 Å². The first kappa shape index (κ1) is 15.1. The average molecular weight is 304 g/mol. The molecule has 20 heavy (non-hydrogen) atoms. The van der Waals surface area contributed by atoms with Gasteiger partial charge >= 0.3 is 0 Å². The Morgan fingerprint density at radius 3 is 2.45 bits per heavy atom. The van der Waals surface area contributed by atoms with Crippen LogP contribution >= 0.6 is 11.8 Å². The molecule has 1 heterocycles. The van der Waals surface area contributed by atoms with E-state index >= 15 is 0 Å². The second-order valence-corrected chi connectivity index (χ2v) is 5.40. The Hall–Kier alpha value is -1.25. The first-order valence-electron chi connectivity index (χ1n) is 6.14. The van der Waals surface area contributed by atoms with Crippen LogP contribution in [0.3, 0.4) is 0 Å². The van der Waals surface area contributed by atoms with Crippen molar-refractivity contribution in [3.63, 3.8) is 0 Å². The summed E-state index contributed by atoms with van der Waals surface area (Å²) in [7, 11) is 0. The SMILES string of the molecule is O=[N+]([O-])c1cc(F)c(SCCN2CCOCC2)c(F)c1. The van der Waals surface area contributed by atoms with Crippen LogP contribution in [0.1, 0.15) is 0 Å². The number of hydrogen-bond donors (Lipinski definition) is 0. The van der Waals surface area contributed by atoms with Crippen molar-refractivity contribution in [3.05, 3.63) is 33.9 Å². The fourth-order valence-corrected chi connectivity index (χ4v) is 2.84. The van der Waals surface area contributed by atoms with E-state index in [2.05, 4.69) is 4.90 Å². The van der Waals surface area contributed by atoms with Crippen LogP contribution in [-0.4, -0.2) is 48.4 Å². The molecule has 0 N–H and O–H groups in total. The van der Waals surface area contributed by atoms with Gasteiger partial charge in [-0.15, -0.1) is 11.8 Å². The highest BCUT2D eigenvalue weighted by molar-refractivity contribution is 7.99. The predicted molar refractivity (Wildman–Crippen MR) is 71.0 cm³/mol. The van der Waals surface area contributed by atoms with Gasteiger partial charge in [0.25, 0.3) is 5.69 Å². The molecule has 0 unspecified atom stereocenters. The number of hydrogen-bond acceptors (Lipinski definition) is 5. The molecule has 5 nitrogen and oxygen atoms in total. The van der Waals surface area contributed by atoms with Gasteiger partial charge in [-0.2, -0.15) is 0 Å². The fraction of sp³-hybridized carbons (Fsp3) is 0.500. The molecule has 0 aliphatic carbocycles. The molecular formula is C12H14F2N2O3S. The van der Waals surface area contributed by atoms with E-state index in [1.165, 1.54) is 0 Å². The molecular weight excluding hydrogens is 290 g/mol. The summed E-state index contributed by atoms with van der Waals surface area (Å²) in [4.78, 5) is 11.7. The minimum Gasteiger partial charge on any atom is -0.379 e. The summed E-state index contributed by atoms with van der Waals surface area (Å²) < 4.78 is 32.5. The molecule has 1 aromatic rings. The Morgan fingerprint density at radius 1 is 1.30 bits per heavy atom. The minimum absolute atomic E-state index is 0.163. The number of ether oxygens (including phenoxy) is 1. The van der Waals surface area contributed by atoms with Crippen LogP contribution in [0.5, 0.6) is 0 Å². The first-order valence-corrected chi connectivity index (χ1v) is 7.13. The summed E-state index contributed by atoms with van der Waals surface area (Å²) in [6.07, 6.45) is 0. The summed E-state index contributed by atoms with van der Waals surface area (Å²) >= 11 is 1.03. The van der Waals surface area contributed by atoms with Gasteiger partial charge in [0.1, 0.15) is 11.6 Å². The van der Waals surface area contributed by atoms with Gasteiger partial charge in [-0.05, 0) is 0 Å². The number of morpholine rings is 1. The van der Waals surface area contributed by atoms with Crippen molar-refractivity contribution in [2.24, 2.45) is 0 Å². The topological polar surface area (TPSA) is 55.6 Å². The van der Waals surface area contributed by atoms with Crippen LogP contribution in [0.15, 0.2) is 17.0 Å². The lowest BCUT2D eigenvalue weighted by Crippen LogP contribution is -2.37. The van der Waals surface area contributed by atoms with Crippen LogP contribution < -0.4 is 0 Å². The van der Waals surface area contributed by atoms with Crippen molar-refractivity contribution in [2.45, 2.75) is 4.90 Å². The molecule has 1 aromatic carbocycles. The van der Waals surface area contributed by atoms with Crippen LogP contribution in [0.4, 0.5) is 14.5 Å². The van der Waals surface area contributed by atoms with Gasteiger partial charge in [0.2, 0.25) is 0 Å². The van der Waals surface area contributed by atoms with Crippen LogP contribution in [-0.2, 0) is 4.74 Å². The Balaban J connectivity index is 1.93. The highest BCUT2D eigenvalue weighted by Crippen LogP contribution is 2.29. The van der Waals surface area contributed by atoms with Gasteiger partial charge in [0.15, 0.2) is 0 Å². The van der Waals surface area contributed by atoms with E-state index < -0.39 is 22.2 Å². The van der Waals surface area contributed by atoms with Crippen molar-refractivity contribution in [1.82, 2.24) is 4.90 Å². The summed E-state index contributed by atoms with van der Waals surface area (Å²) in [6.45, 7) is 3.66. The number of nitro benzene ring substituents is 1. The molecule has 110 valence electrons. The largest absolute Gasteiger partial charge is 0.379 e. The number of non-ortho nitro benzene ring substituents is 1. The lowest BCUT2D eigenvalue weighted by atomic mass is 10.3. The van der Waals surface area contributed by atoms with E-state index in [1.54, 1.807) is 0 Å². The van der Waals surface area contributed by atoms with E-state index in [0.29, 0.717) is 25.5 Å². The second kappa shape index (κ2) is 6.96. The zero-order chi connectivity index (χ0) is 14.5. The third-order valence-electron chi connectivity index (χ3n) is 2.95. The lowest BCUT2D eigenvalue weighted by molar-refractivity contribution is -0.385. The van der Waals surface area contributed by atoms with Crippen molar-refractivity contribution in [3.8, 4) is 0 Å². The molecule has 1 aliphatic rings. The molecule has 1 fully saturated rings. The number of rotatable bonds is 5. The Kier molecular flexibility index (Phi) is 5.27. The third-order valence-corrected chi connectivity index (χ3v) is 4.02. The molecule has 0 spiro atoms. The summed E-state index contributed by atoms with van der Waals surface area (Å²) in [5.41, 5.74) is -0.572. The smallest absolute Gasteiger partial charge is 0.275 e. The molecule has 0 atom stereocenters. The van der Waals surface area contributed by atoms with Crippen LogP contribution in [0.25, 0.3) is 0 Å². The van der Waals surface area contributed by atoms with E-state index in [0.717, 1.165) is 37.0 Å². The molecule has 2 rings (SSSR count). The molecule has 0 saturated carbocycles.